The van der Waals surface area contributed by atoms with E-state index >= 15 is 0 Å². The fraction of sp³-hybridized carbons (Fsp3) is 0.300. The van der Waals surface area contributed by atoms with Crippen molar-refractivity contribution in [2.24, 2.45) is 5.18 Å². The molecular formula is C10H8N2O2S. The Morgan fingerprint density at radius 3 is 3.07 bits per heavy atom. The van der Waals surface area contributed by atoms with Gasteiger partial charge in [0, 0.05) is 17.1 Å². The molecule has 0 spiro atoms. The second-order valence-electron chi connectivity index (χ2n) is 3.66. The van der Waals surface area contributed by atoms with Crippen molar-refractivity contribution in [3.8, 4) is 0 Å². The molecule has 3 rings (SSSR count). The number of fused-ring (bicyclic) bond motifs is 3. The zero-order valence-electron chi connectivity index (χ0n) is 7.82. The van der Waals surface area contributed by atoms with E-state index in [1.807, 2.05) is 23.9 Å². The molecule has 76 valence electrons. The van der Waals surface area contributed by atoms with E-state index in [0.29, 0.717) is 0 Å². The number of anilines is 1. The third kappa shape index (κ3) is 1.13. The Morgan fingerprint density at radius 2 is 2.27 bits per heavy atom. The van der Waals surface area contributed by atoms with Gasteiger partial charge in [-0.25, -0.2) is 0 Å². The molecule has 1 aromatic carbocycles. The molecule has 0 aliphatic carbocycles. The zero-order valence-corrected chi connectivity index (χ0v) is 8.63. The van der Waals surface area contributed by atoms with E-state index in [1.165, 1.54) is 5.56 Å². The summed E-state index contributed by atoms with van der Waals surface area (Å²) < 4.78 is 0. The summed E-state index contributed by atoms with van der Waals surface area (Å²) in [4.78, 5) is 22.0. The summed E-state index contributed by atoms with van der Waals surface area (Å²) in [5, 5.41) is 5.62. The standard InChI is InChI=1S/C10H8N2O2S/c13-10-9(12-14)6-2-1-5-3-15-4-7(5)8(6)11-10/h1-2,9H,3-4H2,(H,11,13). The van der Waals surface area contributed by atoms with Crippen LogP contribution < -0.4 is 5.32 Å². The van der Waals surface area contributed by atoms with Gasteiger partial charge in [-0.1, -0.05) is 17.3 Å². The van der Waals surface area contributed by atoms with E-state index in [1.54, 1.807) is 0 Å². The van der Waals surface area contributed by atoms with Crippen molar-refractivity contribution in [3.63, 3.8) is 0 Å². The normalized spacial score (nSPS) is 22.1. The van der Waals surface area contributed by atoms with Crippen LogP contribution in [0.4, 0.5) is 5.69 Å². The van der Waals surface area contributed by atoms with Gasteiger partial charge < -0.3 is 5.32 Å². The molecule has 1 unspecified atom stereocenters. The van der Waals surface area contributed by atoms with Crippen molar-refractivity contribution in [3.05, 3.63) is 33.7 Å². The van der Waals surface area contributed by atoms with Crippen LogP contribution in [0.5, 0.6) is 0 Å². The molecule has 0 bridgehead atoms. The SMILES string of the molecule is O=NC1C(=O)Nc2c1ccc1c2CSC1. The number of thioether (sulfide) groups is 1. The fourth-order valence-electron chi connectivity index (χ4n) is 2.09. The Balaban J connectivity index is 2.20. The molecule has 4 nitrogen and oxygen atoms in total. The van der Waals surface area contributed by atoms with Crippen molar-refractivity contribution < 1.29 is 4.79 Å². The summed E-state index contributed by atoms with van der Waals surface area (Å²) in [5.74, 6) is 1.59. The Hall–Kier alpha value is -1.36. The van der Waals surface area contributed by atoms with E-state index in [4.69, 9.17) is 0 Å². The van der Waals surface area contributed by atoms with Crippen molar-refractivity contribution in [2.75, 3.05) is 5.32 Å². The molecule has 1 N–H and O–H groups in total. The maximum absolute atomic E-state index is 11.5. The van der Waals surface area contributed by atoms with E-state index in [-0.39, 0.29) is 5.91 Å². The van der Waals surface area contributed by atoms with Gasteiger partial charge in [-0.2, -0.15) is 11.8 Å². The highest BCUT2D eigenvalue weighted by molar-refractivity contribution is 7.98. The number of benzene rings is 1. The van der Waals surface area contributed by atoms with Crippen LogP contribution in [0.25, 0.3) is 0 Å². The lowest BCUT2D eigenvalue weighted by Gasteiger charge is -2.05. The van der Waals surface area contributed by atoms with E-state index in [2.05, 4.69) is 10.5 Å². The molecule has 1 amide bonds. The number of nitrogens with zero attached hydrogens (tertiary/aromatic N) is 1. The second kappa shape index (κ2) is 3.06. The van der Waals surface area contributed by atoms with Gasteiger partial charge in [0.1, 0.15) is 0 Å². The number of amides is 1. The van der Waals surface area contributed by atoms with Crippen molar-refractivity contribution in [2.45, 2.75) is 17.5 Å². The van der Waals surface area contributed by atoms with Crippen LogP contribution in [-0.2, 0) is 16.3 Å². The Labute approximate surface area is 90.4 Å². The highest BCUT2D eigenvalue weighted by Crippen LogP contribution is 2.43. The van der Waals surface area contributed by atoms with E-state index < -0.39 is 6.04 Å². The molecule has 0 saturated carbocycles. The maximum Gasteiger partial charge on any atom is 0.257 e. The van der Waals surface area contributed by atoms with Gasteiger partial charge in [-0.15, -0.1) is 4.91 Å². The van der Waals surface area contributed by atoms with Crippen LogP contribution in [0.3, 0.4) is 0 Å². The number of carbonyl (C=O) groups excluding carboxylic acids is 1. The molecule has 0 fully saturated rings. The maximum atomic E-state index is 11.5. The number of nitrogens with one attached hydrogen (secondary N) is 1. The van der Waals surface area contributed by atoms with Gasteiger partial charge in [-0.05, 0) is 11.1 Å². The molecule has 2 heterocycles. The average Bonchev–Trinajstić information content (AvgIpc) is 2.79. The van der Waals surface area contributed by atoms with Crippen LogP contribution in [0.2, 0.25) is 0 Å². The van der Waals surface area contributed by atoms with Crippen molar-refractivity contribution in [1.29, 1.82) is 0 Å². The topological polar surface area (TPSA) is 58.5 Å². The van der Waals surface area contributed by atoms with Gasteiger partial charge in [-0.3, -0.25) is 4.79 Å². The third-order valence-corrected chi connectivity index (χ3v) is 3.85. The van der Waals surface area contributed by atoms with Gasteiger partial charge in [0.25, 0.3) is 5.91 Å². The minimum absolute atomic E-state index is 0.301. The number of hydrogen-bond acceptors (Lipinski definition) is 4. The summed E-state index contributed by atoms with van der Waals surface area (Å²) in [7, 11) is 0. The molecule has 1 atom stereocenters. The summed E-state index contributed by atoms with van der Waals surface area (Å²) >= 11 is 1.82. The molecule has 15 heavy (non-hydrogen) atoms. The number of carbonyl (C=O) groups is 1. The largest absolute Gasteiger partial charge is 0.323 e. The van der Waals surface area contributed by atoms with Crippen LogP contribution in [0.15, 0.2) is 17.3 Å². The highest BCUT2D eigenvalue weighted by Gasteiger charge is 2.34. The van der Waals surface area contributed by atoms with Crippen molar-refractivity contribution in [1.82, 2.24) is 0 Å². The first-order chi connectivity index (χ1) is 7.31. The summed E-state index contributed by atoms with van der Waals surface area (Å²) in [6, 6.07) is 2.98. The van der Waals surface area contributed by atoms with E-state index in [0.717, 1.165) is 28.3 Å². The molecule has 2 aliphatic rings. The minimum Gasteiger partial charge on any atom is -0.323 e. The van der Waals surface area contributed by atoms with Gasteiger partial charge in [0.15, 0.2) is 6.04 Å². The molecular weight excluding hydrogens is 212 g/mol. The molecule has 0 saturated heterocycles. The lowest BCUT2D eigenvalue weighted by atomic mass is 10.0. The summed E-state index contributed by atoms with van der Waals surface area (Å²) in [6.45, 7) is 0. The summed E-state index contributed by atoms with van der Waals surface area (Å²) in [5.41, 5.74) is 3.98. The van der Waals surface area contributed by atoms with Gasteiger partial charge in [0.2, 0.25) is 0 Å². The summed E-state index contributed by atoms with van der Waals surface area (Å²) in [6.07, 6.45) is 0. The number of hydrogen-bond donors (Lipinski definition) is 1. The Morgan fingerprint density at radius 1 is 1.40 bits per heavy atom. The predicted octanol–water partition coefficient (Wildman–Crippen LogP) is 2.19. The Bertz CT molecular complexity index is 473. The van der Waals surface area contributed by atoms with Gasteiger partial charge >= 0.3 is 0 Å². The lowest BCUT2D eigenvalue weighted by Crippen LogP contribution is -2.09. The average molecular weight is 220 g/mol. The smallest absolute Gasteiger partial charge is 0.257 e. The van der Waals surface area contributed by atoms with Crippen molar-refractivity contribution >= 4 is 23.4 Å². The van der Waals surface area contributed by atoms with Gasteiger partial charge in [0.05, 0.1) is 5.69 Å². The molecule has 1 aromatic rings. The second-order valence-corrected chi connectivity index (χ2v) is 4.64. The lowest BCUT2D eigenvalue weighted by molar-refractivity contribution is -0.116. The molecule has 0 aromatic heterocycles. The predicted molar refractivity (Wildman–Crippen MR) is 58.6 cm³/mol. The molecule has 5 heteroatoms. The van der Waals surface area contributed by atoms with Crippen LogP contribution in [0.1, 0.15) is 22.7 Å². The third-order valence-electron chi connectivity index (χ3n) is 2.84. The first-order valence-corrected chi connectivity index (χ1v) is 5.82. The quantitative estimate of drug-likeness (QED) is 0.738. The van der Waals surface area contributed by atoms with Crippen LogP contribution in [-0.4, -0.2) is 5.91 Å². The number of rotatable bonds is 1. The first-order valence-electron chi connectivity index (χ1n) is 4.67. The number of nitroso groups, excluding NO2 is 1. The Kier molecular flexibility index (Phi) is 1.82. The molecule has 0 radical (unpaired) electrons. The van der Waals surface area contributed by atoms with Crippen LogP contribution in [0, 0.1) is 4.91 Å². The fourth-order valence-corrected chi connectivity index (χ4v) is 3.21. The minimum atomic E-state index is -0.851. The zero-order chi connectivity index (χ0) is 10.4. The highest BCUT2D eigenvalue weighted by atomic mass is 32.2. The first kappa shape index (κ1) is 8.91. The van der Waals surface area contributed by atoms with Crippen LogP contribution >= 0.6 is 11.8 Å². The van der Waals surface area contributed by atoms with E-state index in [9.17, 15) is 9.70 Å². The molecule has 2 aliphatic heterocycles. The monoisotopic (exact) mass is 220 g/mol.